The van der Waals surface area contributed by atoms with Gasteiger partial charge in [-0.05, 0) is 55.1 Å². The summed E-state index contributed by atoms with van der Waals surface area (Å²) in [6, 6.07) is 12.4. The van der Waals surface area contributed by atoms with Crippen LogP contribution in [0.4, 0.5) is 0 Å². The van der Waals surface area contributed by atoms with Crippen molar-refractivity contribution in [2.75, 3.05) is 6.26 Å². The number of hydrogen-bond donors (Lipinski definition) is 1. The normalized spacial score (nSPS) is 11.4. The summed E-state index contributed by atoms with van der Waals surface area (Å²) in [6.45, 7) is 1.69. The van der Waals surface area contributed by atoms with Gasteiger partial charge in [-0.2, -0.15) is 25.3 Å². The van der Waals surface area contributed by atoms with Crippen molar-refractivity contribution in [3.05, 3.63) is 71.1 Å². The fourth-order valence-electron chi connectivity index (χ4n) is 2.86. The number of thioether (sulfide) groups is 1. The lowest BCUT2D eigenvalue weighted by atomic mass is 10.1. The quantitative estimate of drug-likeness (QED) is 0.421. The minimum absolute atomic E-state index is 0.0284. The Bertz CT molecular complexity index is 1210. The number of nitrogens with one attached hydrogen (secondary N) is 1. The topological polar surface area (TPSA) is 107 Å². The van der Waals surface area contributed by atoms with Crippen LogP contribution in [-0.4, -0.2) is 34.8 Å². The maximum Gasteiger partial charge on any atom is 0.339 e. The maximum atomic E-state index is 12.5. The van der Waals surface area contributed by atoms with E-state index >= 15 is 0 Å². The van der Waals surface area contributed by atoms with Crippen LogP contribution in [-0.2, 0) is 29.5 Å². The van der Waals surface area contributed by atoms with Crippen molar-refractivity contribution in [1.29, 1.82) is 5.41 Å². The minimum Gasteiger partial charge on any atom is -0.379 e. The van der Waals surface area contributed by atoms with E-state index in [1.807, 2.05) is 6.26 Å². The van der Waals surface area contributed by atoms with Crippen LogP contribution < -0.4 is 9.80 Å². The number of rotatable bonds is 8. The van der Waals surface area contributed by atoms with E-state index in [-0.39, 0.29) is 28.6 Å². The van der Waals surface area contributed by atoms with Crippen LogP contribution in [0.1, 0.15) is 21.7 Å². The standard InChI is InChI=1S/C20H22N4O4S2/c1-14-22-23(2)20(21)24(14)12-19(25)16-6-8-17(9-7-16)28-30(26,27)18-10-4-15(5-11-18)13-29-3/h4-11,21H,12-13H2,1-3H3. The molecule has 0 saturated carbocycles. The summed E-state index contributed by atoms with van der Waals surface area (Å²) in [4.78, 5) is 12.6. The molecular formula is C20H22N4O4S2. The van der Waals surface area contributed by atoms with Gasteiger partial charge < -0.3 is 4.18 Å². The Kier molecular flexibility index (Phi) is 6.47. The summed E-state index contributed by atoms with van der Waals surface area (Å²) in [7, 11) is -2.33. The van der Waals surface area contributed by atoms with Gasteiger partial charge in [0, 0.05) is 18.4 Å². The van der Waals surface area contributed by atoms with Gasteiger partial charge in [0.05, 0.1) is 6.54 Å². The van der Waals surface area contributed by atoms with Crippen molar-refractivity contribution >= 4 is 27.7 Å². The number of aromatic nitrogens is 3. The minimum atomic E-state index is -3.97. The van der Waals surface area contributed by atoms with Crippen molar-refractivity contribution in [1.82, 2.24) is 14.3 Å². The molecule has 0 bridgehead atoms. The summed E-state index contributed by atoms with van der Waals surface area (Å²) in [5.41, 5.74) is 1.54. The van der Waals surface area contributed by atoms with Gasteiger partial charge in [0.25, 0.3) is 0 Å². The molecule has 1 N–H and O–H groups in total. The van der Waals surface area contributed by atoms with Gasteiger partial charge in [-0.25, -0.2) is 4.68 Å². The Balaban J connectivity index is 1.72. The second-order valence-electron chi connectivity index (χ2n) is 6.64. The van der Waals surface area contributed by atoms with Gasteiger partial charge in [0.1, 0.15) is 16.5 Å². The molecule has 0 aliphatic rings. The summed E-state index contributed by atoms with van der Waals surface area (Å²) >= 11 is 1.65. The zero-order valence-corrected chi connectivity index (χ0v) is 18.5. The number of ketones is 1. The van der Waals surface area contributed by atoms with Crippen LogP contribution in [0.3, 0.4) is 0 Å². The third-order valence-electron chi connectivity index (χ3n) is 4.45. The summed E-state index contributed by atoms with van der Waals surface area (Å²) < 4.78 is 33.0. The average Bonchev–Trinajstić information content (AvgIpc) is 2.95. The van der Waals surface area contributed by atoms with Gasteiger partial charge in [-0.1, -0.05) is 12.1 Å². The number of aryl methyl sites for hydroxylation is 2. The van der Waals surface area contributed by atoms with Crippen molar-refractivity contribution in [3.8, 4) is 5.75 Å². The second-order valence-corrected chi connectivity index (χ2v) is 9.05. The van der Waals surface area contributed by atoms with Gasteiger partial charge >= 0.3 is 10.1 Å². The van der Waals surface area contributed by atoms with Crippen LogP contribution in [0.5, 0.6) is 5.75 Å². The molecule has 0 radical (unpaired) electrons. The van der Waals surface area contributed by atoms with Crippen molar-refractivity contribution in [3.63, 3.8) is 0 Å². The van der Waals surface area contributed by atoms with Crippen LogP contribution >= 0.6 is 11.8 Å². The van der Waals surface area contributed by atoms with Crippen LogP contribution in [0.15, 0.2) is 53.4 Å². The van der Waals surface area contributed by atoms with Crippen LogP contribution in [0, 0.1) is 12.3 Å². The Morgan fingerprint density at radius 1 is 1.13 bits per heavy atom. The van der Waals surface area contributed by atoms with Crippen LogP contribution in [0.25, 0.3) is 0 Å². The molecule has 0 aliphatic carbocycles. The first-order valence-corrected chi connectivity index (χ1v) is 11.8. The van der Waals surface area contributed by atoms with E-state index < -0.39 is 10.1 Å². The lowest BCUT2D eigenvalue weighted by molar-refractivity contribution is 0.0969. The molecule has 0 fully saturated rings. The van der Waals surface area contributed by atoms with Gasteiger partial charge in [0.2, 0.25) is 5.62 Å². The first-order chi connectivity index (χ1) is 14.2. The number of nitrogens with zero attached hydrogens (tertiary/aromatic N) is 3. The number of benzene rings is 2. The molecule has 158 valence electrons. The Labute approximate surface area is 179 Å². The second kappa shape index (κ2) is 8.88. The van der Waals surface area contributed by atoms with Gasteiger partial charge in [-0.15, -0.1) is 0 Å². The van der Waals surface area contributed by atoms with Gasteiger partial charge in [-0.3, -0.25) is 14.8 Å². The predicted molar refractivity (Wildman–Crippen MR) is 114 cm³/mol. The molecule has 1 aromatic heterocycles. The fraction of sp³-hybridized carbons (Fsp3) is 0.250. The van der Waals surface area contributed by atoms with Crippen molar-refractivity contribution in [2.24, 2.45) is 7.05 Å². The largest absolute Gasteiger partial charge is 0.379 e. The molecule has 0 amide bonds. The molecule has 10 heteroatoms. The molecule has 0 atom stereocenters. The lowest BCUT2D eigenvalue weighted by Gasteiger charge is -2.09. The highest BCUT2D eigenvalue weighted by Gasteiger charge is 2.17. The molecule has 0 spiro atoms. The van der Waals surface area contributed by atoms with E-state index in [2.05, 4.69) is 5.10 Å². The molecule has 8 nitrogen and oxygen atoms in total. The SMILES string of the molecule is CSCc1ccc(S(=O)(=O)Oc2ccc(C(=O)Cn3c(C)nn(C)c3=N)cc2)cc1. The number of Topliss-reactive ketones (excluding diaryl/α,β-unsaturated/α-hetero) is 1. The third kappa shape index (κ3) is 4.82. The first-order valence-electron chi connectivity index (χ1n) is 9.02. The van der Waals surface area contributed by atoms with Crippen molar-refractivity contribution < 1.29 is 17.4 Å². The Hall–Kier alpha value is -2.85. The number of carbonyl (C=O) groups excluding carboxylic acids is 1. The number of carbonyl (C=O) groups is 1. The average molecular weight is 447 g/mol. The highest BCUT2D eigenvalue weighted by atomic mass is 32.2. The summed E-state index contributed by atoms with van der Waals surface area (Å²) in [5.74, 6) is 1.26. The zero-order valence-electron chi connectivity index (χ0n) is 16.8. The lowest BCUT2D eigenvalue weighted by Crippen LogP contribution is -2.26. The molecule has 2 aromatic carbocycles. The molecule has 0 aliphatic heterocycles. The Morgan fingerprint density at radius 3 is 2.30 bits per heavy atom. The summed E-state index contributed by atoms with van der Waals surface area (Å²) in [6.07, 6.45) is 1.98. The highest BCUT2D eigenvalue weighted by molar-refractivity contribution is 7.97. The molecule has 0 unspecified atom stereocenters. The molecule has 1 heterocycles. The van der Waals surface area contributed by atoms with Crippen LogP contribution in [0.2, 0.25) is 0 Å². The molecular weight excluding hydrogens is 424 g/mol. The zero-order chi connectivity index (χ0) is 21.9. The van der Waals surface area contributed by atoms with Gasteiger partial charge in [0.15, 0.2) is 5.78 Å². The van der Waals surface area contributed by atoms with E-state index in [1.165, 1.54) is 45.6 Å². The maximum absolute atomic E-state index is 12.5. The highest BCUT2D eigenvalue weighted by Crippen LogP contribution is 2.21. The van der Waals surface area contributed by atoms with E-state index in [1.54, 1.807) is 37.9 Å². The van der Waals surface area contributed by atoms with Crippen molar-refractivity contribution in [2.45, 2.75) is 24.1 Å². The molecule has 0 saturated heterocycles. The first kappa shape index (κ1) is 21.8. The van der Waals surface area contributed by atoms with E-state index in [4.69, 9.17) is 9.59 Å². The van der Waals surface area contributed by atoms with E-state index in [9.17, 15) is 13.2 Å². The molecule has 3 aromatic rings. The number of hydrogen-bond acceptors (Lipinski definition) is 7. The molecule has 30 heavy (non-hydrogen) atoms. The Morgan fingerprint density at radius 2 is 1.77 bits per heavy atom. The van der Waals surface area contributed by atoms with E-state index in [0.717, 1.165) is 11.3 Å². The predicted octanol–water partition coefficient (Wildman–Crippen LogP) is 2.52. The van der Waals surface area contributed by atoms with E-state index in [0.29, 0.717) is 11.4 Å². The monoisotopic (exact) mass is 446 g/mol. The third-order valence-corrected chi connectivity index (χ3v) is 6.34. The molecule has 3 rings (SSSR count). The smallest absolute Gasteiger partial charge is 0.339 e. The fourth-order valence-corrected chi connectivity index (χ4v) is 4.32. The summed E-state index contributed by atoms with van der Waals surface area (Å²) in [5, 5.41) is 12.1.